The van der Waals surface area contributed by atoms with Crippen LogP contribution in [0.4, 0.5) is 4.79 Å². The minimum Gasteiger partial charge on any atom is -0.481 e. The van der Waals surface area contributed by atoms with Crippen molar-refractivity contribution in [1.29, 1.82) is 0 Å². The number of aliphatic carboxylic acids is 1. The van der Waals surface area contributed by atoms with Gasteiger partial charge in [-0.15, -0.1) is 11.3 Å². The van der Waals surface area contributed by atoms with Gasteiger partial charge < -0.3 is 15.3 Å². The highest BCUT2D eigenvalue weighted by Crippen LogP contribution is 2.34. The van der Waals surface area contributed by atoms with Gasteiger partial charge in [-0.05, 0) is 26.7 Å². The van der Waals surface area contributed by atoms with Gasteiger partial charge in [0.1, 0.15) is 5.01 Å². The van der Waals surface area contributed by atoms with Gasteiger partial charge in [-0.3, -0.25) is 4.79 Å². The van der Waals surface area contributed by atoms with Crippen LogP contribution in [0.3, 0.4) is 0 Å². The molecule has 0 saturated carbocycles. The van der Waals surface area contributed by atoms with Crippen LogP contribution in [0.2, 0.25) is 0 Å². The standard InChI is InChI=1S/C14H21N3O3S/c1-4-14(12(18)19)5-6-17(8-14)13(20)16-10(3)11-15-9(2)7-21-11/h7,10H,4-6,8H2,1-3H3,(H,16,20)(H,18,19). The number of likely N-dealkylation sites (tertiary alicyclic amines) is 1. The molecule has 2 N–H and O–H groups in total. The fourth-order valence-electron chi connectivity index (χ4n) is 2.57. The Balaban J connectivity index is 1.97. The highest BCUT2D eigenvalue weighted by atomic mass is 32.1. The van der Waals surface area contributed by atoms with Crippen molar-refractivity contribution in [2.75, 3.05) is 13.1 Å². The number of aryl methyl sites for hydroxylation is 1. The molecule has 116 valence electrons. The number of thiazole rings is 1. The fourth-order valence-corrected chi connectivity index (χ4v) is 3.37. The average molecular weight is 311 g/mol. The molecule has 0 aromatic carbocycles. The summed E-state index contributed by atoms with van der Waals surface area (Å²) in [5, 5.41) is 15.1. The molecule has 2 atom stereocenters. The maximum absolute atomic E-state index is 12.3. The average Bonchev–Trinajstić information content (AvgIpc) is 3.05. The second-order valence-corrected chi connectivity index (χ2v) is 6.50. The van der Waals surface area contributed by atoms with Gasteiger partial charge in [0.15, 0.2) is 0 Å². The lowest BCUT2D eigenvalue weighted by Gasteiger charge is -2.24. The number of nitrogens with one attached hydrogen (secondary N) is 1. The Morgan fingerprint density at radius 3 is 2.81 bits per heavy atom. The second-order valence-electron chi connectivity index (χ2n) is 5.61. The zero-order valence-electron chi connectivity index (χ0n) is 12.5. The van der Waals surface area contributed by atoms with Crippen LogP contribution in [0.1, 0.15) is 43.4 Å². The molecule has 1 aliphatic heterocycles. The summed E-state index contributed by atoms with van der Waals surface area (Å²) in [6.07, 6.45) is 1.05. The molecule has 0 radical (unpaired) electrons. The number of urea groups is 1. The monoisotopic (exact) mass is 311 g/mol. The number of aromatic nitrogens is 1. The molecule has 21 heavy (non-hydrogen) atoms. The summed E-state index contributed by atoms with van der Waals surface area (Å²) in [4.78, 5) is 29.6. The Labute approximate surface area is 128 Å². The first-order valence-corrected chi connectivity index (χ1v) is 7.97. The molecule has 0 aliphatic carbocycles. The minimum absolute atomic E-state index is 0.169. The maximum Gasteiger partial charge on any atom is 0.317 e. The van der Waals surface area contributed by atoms with Crippen molar-refractivity contribution in [3.8, 4) is 0 Å². The SMILES string of the molecule is CCC1(C(=O)O)CCN(C(=O)NC(C)c2nc(C)cs2)C1. The molecule has 2 unspecified atom stereocenters. The van der Waals surface area contributed by atoms with Gasteiger partial charge in [0.25, 0.3) is 0 Å². The van der Waals surface area contributed by atoms with E-state index >= 15 is 0 Å². The largest absolute Gasteiger partial charge is 0.481 e. The molecule has 1 saturated heterocycles. The summed E-state index contributed by atoms with van der Waals surface area (Å²) < 4.78 is 0. The topological polar surface area (TPSA) is 82.5 Å². The van der Waals surface area contributed by atoms with Crippen LogP contribution < -0.4 is 5.32 Å². The smallest absolute Gasteiger partial charge is 0.317 e. The van der Waals surface area contributed by atoms with E-state index in [0.29, 0.717) is 19.4 Å². The van der Waals surface area contributed by atoms with Crippen molar-refractivity contribution in [3.05, 3.63) is 16.1 Å². The lowest BCUT2D eigenvalue weighted by atomic mass is 9.84. The van der Waals surface area contributed by atoms with E-state index in [-0.39, 0.29) is 18.6 Å². The van der Waals surface area contributed by atoms with E-state index in [1.54, 1.807) is 4.90 Å². The summed E-state index contributed by atoms with van der Waals surface area (Å²) >= 11 is 1.51. The van der Waals surface area contributed by atoms with E-state index in [0.717, 1.165) is 10.7 Å². The van der Waals surface area contributed by atoms with E-state index in [1.807, 2.05) is 26.2 Å². The van der Waals surface area contributed by atoms with Crippen LogP contribution >= 0.6 is 11.3 Å². The Kier molecular flexibility index (Phi) is 4.51. The van der Waals surface area contributed by atoms with E-state index < -0.39 is 11.4 Å². The zero-order valence-corrected chi connectivity index (χ0v) is 13.4. The molecule has 2 rings (SSSR count). The minimum atomic E-state index is -0.816. The Morgan fingerprint density at radius 2 is 2.33 bits per heavy atom. The molecule has 7 heteroatoms. The number of carboxylic acid groups (broad SMARTS) is 1. The number of carbonyl (C=O) groups is 2. The fraction of sp³-hybridized carbons (Fsp3) is 0.643. The molecule has 1 fully saturated rings. The molecular formula is C14H21N3O3S. The van der Waals surface area contributed by atoms with Crippen molar-refractivity contribution in [3.63, 3.8) is 0 Å². The van der Waals surface area contributed by atoms with Crippen LogP contribution in [0.5, 0.6) is 0 Å². The quantitative estimate of drug-likeness (QED) is 0.894. The number of amides is 2. The third-order valence-electron chi connectivity index (χ3n) is 4.12. The molecule has 0 bridgehead atoms. The van der Waals surface area contributed by atoms with Gasteiger partial charge in [-0.2, -0.15) is 0 Å². The third-order valence-corrected chi connectivity index (χ3v) is 5.26. The van der Waals surface area contributed by atoms with E-state index in [4.69, 9.17) is 0 Å². The van der Waals surface area contributed by atoms with Crippen LogP contribution in [-0.4, -0.2) is 40.1 Å². The summed E-state index contributed by atoms with van der Waals surface area (Å²) in [5.41, 5.74) is 0.145. The molecule has 6 nitrogen and oxygen atoms in total. The number of hydrogen-bond acceptors (Lipinski definition) is 4. The second kappa shape index (κ2) is 6.01. The van der Waals surface area contributed by atoms with Crippen LogP contribution in [0.15, 0.2) is 5.38 Å². The Morgan fingerprint density at radius 1 is 1.62 bits per heavy atom. The predicted octanol–water partition coefficient (Wildman–Crippen LogP) is 2.41. The van der Waals surface area contributed by atoms with Gasteiger partial charge in [-0.1, -0.05) is 6.92 Å². The normalized spacial score (nSPS) is 23.1. The lowest BCUT2D eigenvalue weighted by Crippen LogP contribution is -2.42. The molecule has 2 heterocycles. The van der Waals surface area contributed by atoms with Gasteiger partial charge in [0.2, 0.25) is 0 Å². The maximum atomic E-state index is 12.3. The lowest BCUT2D eigenvalue weighted by molar-refractivity contribution is -0.148. The van der Waals surface area contributed by atoms with Crippen LogP contribution in [-0.2, 0) is 4.79 Å². The Bertz CT molecular complexity index is 545. The summed E-state index contributed by atoms with van der Waals surface area (Å²) in [7, 11) is 0. The number of nitrogens with zero attached hydrogens (tertiary/aromatic N) is 2. The molecule has 1 aromatic rings. The van der Waals surface area contributed by atoms with Gasteiger partial charge in [0.05, 0.1) is 11.5 Å². The molecule has 2 amide bonds. The molecule has 1 aliphatic rings. The highest BCUT2D eigenvalue weighted by molar-refractivity contribution is 7.09. The van der Waals surface area contributed by atoms with E-state index in [2.05, 4.69) is 10.3 Å². The first kappa shape index (κ1) is 15.8. The highest BCUT2D eigenvalue weighted by Gasteiger charge is 2.44. The zero-order chi connectivity index (χ0) is 15.6. The molecular weight excluding hydrogens is 290 g/mol. The van der Waals surface area contributed by atoms with Gasteiger partial charge in [-0.25, -0.2) is 9.78 Å². The first-order chi connectivity index (χ1) is 9.88. The molecule has 1 aromatic heterocycles. The number of hydrogen-bond donors (Lipinski definition) is 2. The Hall–Kier alpha value is -1.63. The number of carbonyl (C=O) groups excluding carboxylic acids is 1. The van der Waals surface area contributed by atoms with Crippen molar-refractivity contribution < 1.29 is 14.7 Å². The summed E-state index contributed by atoms with van der Waals surface area (Å²) in [6.45, 7) is 6.41. The predicted molar refractivity (Wildman–Crippen MR) is 80.3 cm³/mol. The number of carboxylic acids is 1. The van der Waals surface area contributed by atoms with Crippen molar-refractivity contribution in [2.24, 2.45) is 5.41 Å². The summed E-state index contributed by atoms with van der Waals surface area (Å²) in [5.74, 6) is -0.816. The van der Waals surface area contributed by atoms with Crippen molar-refractivity contribution in [2.45, 2.75) is 39.7 Å². The molecule has 0 spiro atoms. The third kappa shape index (κ3) is 3.18. The van der Waals surface area contributed by atoms with Gasteiger partial charge in [0, 0.05) is 24.2 Å². The van der Waals surface area contributed by atoms with E-state index in [9.17, 15) is 14.7 Å². The summed E-state index contributed by atoms with van der Waals surface area (Å²) in [6, 6.07) is -0.385. The van der Waals surface area contributed by atoms with Gasteiger partial charge >= 0.3 is 12.0 Å². The van der Waals surface area contributed by atoms with Crippen molar-refractivity contribution in [1.82, 2.24) is 15.2 Å². The van der Waals surface area contributed by atoms with E-state index in [1.165, 1.54) is 11.3 Å². The first-order valence-electron chi connectivity index (χ1n) is 7.09. The van der Waals surface area contributed by atoms with Crippen molar-refractivity contribution >= 4 is 23.3 Å². The van der Waals surface area contributed by atoms with Crippen LogP contribution in [0, 0.1) is 12.3 Å². The number of rotatable bonds is 4. The van der Waals surface area contributed by atoms with Crippen LogP contribution in [0.25, 0.3) is 0 Å².